The zero-order chi connectivity index (χ0) is 29.5. The maximum atomic E-state index is 13.3. The lowest BCUT2D eigenvalue weighted by Crippen LogP contribution is -2.46. The molecule has 0 saturated carbocycles. The van der Waals surface area contributed by atoms with Gasteiger partial charge in [0, 0.05) is 51.9 Å². The highest BCUT2D eigenvalue weighted by Crippen LogP contribution is 2.30. The number of ether oxygens (including phenoxy) is 3. The van der Waals surface area contributed by atoms with E-state index in [1.54, 1.807) is 55.3 Å². The lowest BCUT2D eigenvalue weighted by atomic mass is 9.78. The lowest BCUT2D eigenvalue weighted by molar-refractivity contribution is -0.156. The second kappa shape index (κ2) is 16.4. The van der Waals surface area contributed by atoms with Gasteiger partial charge in [-0.3, -0.25) is 19.2 Å². The third kappa shape index (κ3) is 9.89. The van der Waals surface area contributed by atoms with Crippen molar-refractivity contribution in [1.29, 1.82) is 0 Å². The smallest absolute Gasteiger partial charge is 0.314 e. The van der Waals surface area contributed by atoms with Gasteiger partial charge in [-0.2, -0.15) is 0 Å². The minimum Gasteiger partial charge on any atom is -0.484 e. The van der Waals surface area contributed by atoms with Gasteiger partial charge in [0.2, 0.25) is 5.91 Å². The molecule has 0 saturated heterocycles. The van der Waals surface area contributed by atoms with Crippen LogP contribution in [-0.2, 0) is 30.3 Å². The third-order valence-electron chi connectivity index (χ3n) is 7.02. The molecule has 0 radical (unpaired) electrons. The van der Waals surface area contributed by atoms with Crippen molar-refractivity contribution < 1.29 is 33.4 Å². The summed E-state index contributed by atoms with van der Waals surface area (Å²) in [6.45, 7) is 3.38. The standard InChI is InChI=1S/C31H41N3O7/c1-3-40-30(38)31(16-20-39-2)21-24-12-14-26(15-13-24)41-22-28(36)32-17-8-19-34(18-7-11-27(35)33-23-31)29(37)25-9-5-4-6-10-25/h4-6,9-10,12-15H,3,7-8,11,16-23H2,1-2H3,(H,32,36)(H,33,35). The summed E-state index contributed by atoms with van der Waals surface area (Å²) >= 11 is 0. The van der Waals surface area contributed by atoms with E-state index in [1.807, 2.05) is 18.2 Å². The molecule has 41 heavy (non-hydrogen) atoms. The topological polar surface area (TPSA) is 123 Å². The molecule has 222 valence electrons. The maximum Gasteiger partial charge on any atom is 0.314 e. The number of amides is 3. The van der Waals surface area contributed by atoms with Crippen LogP contribution in [0.5, 0.6) is 5.75 Å². The van der Waals surface area contributed by atoms with Crippen LogP contribution in [-0.4, -0.2) is 81.7 Å². The van der Waals surface area contributed by atoms with Crippen LogP contribution in [0.3, 0.4) is 0 Å². The first-order valence-electron chi connectivity index (χ1n) is 14.1. The summed E-state index contributed by atoms with van der Waals surface area (Å²) in [5.74, 6) is -0.497. The van der Waals surface area contributed by atoms with E-state index >= 15 is 0 Å². The van der Waals surface area contributed by atoms with Crippen LogP contribution < -0.4 is 15.4 Å². The second-order valence-electron chi connectivity index (χ2n) is 10.1. The largest absolute Gasteiger partial charge is 0.484 e. The Balaban J connectivity index is 1.82. The Morgan fingerprint density at radius 2 is 1.71 bits per heavy atom. The molecular weight excluding hydrogens is 526 g/mol. The van der Waals surface area contributed by atoms with Gasteiger partial charge in [-0.25, -0.2) is 0 Å². The van der Waals surface area contributed by atoms with Crippen molar-refractivity contribution in [3.8, 4) is 5.75 Å². The van der Waals surface area contributed by atoms with Crippen LogP contribution >= 0.6 is 0 Å². The predicted molar refractivity (Wildman–Crippen MR) is 153 cm³/mol. The zero-order valence-corrected chi connectivity index (χ0v) is 24.0. The van der Waals surface area contributed by atoms with Crippen molar-refractivity contribution in [2.75, 3.05) is 53.1 Å². The number of carbonyl (C=O) groups is 4. The van der Waals surface area contributed by atoms with Crippen LogP contribution in [0.25, 0.3) is 0 Å². The summed E-state index contributed by atoms with van der Waals surface area (Å²) in [7, 11) is 1.56. The molecule has 1 atom stereocenters. The number of nitrogens with one attached hydrogen (secondary N) is 2. The minimum atomic E-state index is -1.04. The van der Waals surface area contributed by atoms with E-state index in [-0.39, 0.29) is 43.9 Å². The monoisotopic (exact) mass is 567 g/mol. The maximum absolute atomic E-state index is 13.3. The van der Waals surface area contributed by atoms with Crippen LogP contribution in [0, 0.1) is 5.41 Å². The van der Waals surface area contributed by atoms with E-state index in [4.69, 9.17) is 14.2 Å². The van der Waals surface area contributed by atoms with E-state index in [1.165, 1.54) is 0 Å². The molecule has 0 spiro atoms. The molecule has 2 aromatic rings. The summed E-state index contributed by atoms with van der Waals surface area (Å²) in [5.41, 5.74) is 0.372. The van der Waals surface area contributed by atoms with E-state index < -0.39 is 11.4 Å². The number of benzene rings is 2. The number of esters is 1. The molecule has 2 heterocycles. The van der Waals surface area contributed by atoms with Crippen LogP contribution in [0.4, 0.5) is 0 Å². The number of methoxy groups -OCH3 is 1. The normalized spacial score (nSPS) is 19.4. The summed E-state index contributed by atoms with van der Waals surface area (Å²) in [5, 5.41) is 5.77. The molecule has 10 heteroatoms. The van der Waals surface area contributed by atoms with E-state index in [2.05, 4.69) is 10.6 Å². The van der Waals surface area contributed by atoms with Crippen molar-refractivity contribution in [2.24, 2.45) is 5.41 Å². The Bertz CT molecular complexity index is 1140. The fourth-order valence-electron chi connectivity index (χ4n) is 4.72. The van der Waals surface area contributed by atoms with Gasteiger partial charge in [-0.1, -0.05) is 30.3 Å². The summed E-state index contributed by atoms with van der Waals surface area (Å²) < 4.78 is 16.4. The number of hydrogen-bond donors (Lipinski definition) is 2. The Hall–Kier alpha value is -3.92. The van der Waals surface area contributed by atoms with Crippen molar-refractivity contribution in [2.45, 2.75) is 39.0 Å². The Morgan fingerprint density at radius 1 is 0.976 bits per heavy atom. The fourth-order valence-corrected chi connectivity index (χ4v) is 4.72. The molecule has 3 amide bonds. The van der Waals surface area contributed by atoms with Gasteiger partial charge < -0.3 is 29.7 Å². The first kappa shape index (κ1) is 31.6. The van der Waals surface area contributed by atoms with Crippen molar-refractivity contribution >= 4 is 23.7 Å². The Kier molecular flexibility index (Phi) is 12.6. The van der Waals surface area contributed by atoms with E-state index in [0.717, 1.165) is 5.56 Å². The van der Waals surface area contributed by atoms with Crippen molar-refractivity contribution in [3.63, 3.8) is 0 Å². The molecule has 0 aromatic heterocycles. The highest BCUT2D eigenvalue weighted by molar-refractivity contribution is 5.94. The van der Waals surface area contributed by atoms with Gasteiger partial charge in [0.15, 0.2) is 6.61 Å². The fraction of sp³-hybridized carbons (Fsp3) is 0.484. The molecule has 2 bridgehead atoms. The van der Waals surface area contributed by atoms with Crippen LogP contribution in [0.15, 0.2) is 54.6 Å². The minimum absolute atomic E-state index is 0.0824. The van der Waals surface area contributed by atoms with Gasteiger partial charge in [0.1, 0.15) is 5.75 Å². The van der Waals surface area contributed by atoms with Gasteiger partial charge in [0.25, 0.3) is 11.8 Å². The number of rotatable bonds is 6. The molecule has 2 aliphatic rings. The predicted octanol–water partition coefficient (Wildman–Crippen LogP) is 2.75. The lowest BCUT2D eigenvalue weighted by Gasteiger charge is -2.32. The SMILES string of the molecule is CCOC(=O)C1(CCOC)CNC(=O)CCCN(C(=O)c2ccccc2)CCCNC(=O)COc2ccc(cc2)C1. The summed E-state index contributed by atoms with van der Waals surface area (Å²) in [6, 6.07) is 16.1. The molecule has 2 N–H and O–H groups in total. The van der Waals surface area contributed by atoms with Gasteiger partial charge in [-0.05, 0) is 62.4 Å². The molecule has 10 nitrogen and oxygen atoms in total. The van der Waals surface area contributed by atoms with E-state index in [9.17, 15) is 19.2 Å². The first-order chi connectivity index (χ1) is 19.9. The third-order valence-corrected chi connectivity index (χ3v) is 7.02. The van der Waals surface area contributed by atoms with Gasteiger partial charge in [-0.15, -0.1) is 0 Å². The Labute approximate surface area is 241 Å². The molecule has 0 fully saturated rings. The molecule has 2 aromatic carbocycles. The van der Waals surface area contributed by atoms with Crippen LogP contribution in [0.1, 0.15) is 48.5 Å². The molecule has 2 aliphatic heterocycles. The summed E-state index contributed by atoms with van der Waals surface area (Å²) in [4.78, 5) is 53.4. The number of nitrogens with zero attached hydrogens (tertiary/aromatic N) is 1. The van der Waals surface area contributed by atoms with Crippen molar-refractivity contribution in [3.05, 3.63) is 65.7 Å². The molecule has 1 unspecified atom stereocenters. The van der Waals surface area contributed by atoms with Gasteiger partial charge >= 0.3 is 5.97 Å². The zero-order valence-electron chi connectivity index (χ0n) is 24.0. The molecular formula is C31H41N3O7. The number of carbonyl (C=O) groups excluding carboxylic acids is 4. The highest BCUT2D eigenvalue weighted by Gasteiger charge is 2.40. The second-order valence-corrected chi connectivity index (χ2v) is 10.1. The number of fused-ring (bicyclic) bond motifs is 17. The first-order valence-corrected chi connectivity index (χ1v) is 14.1. The highest BCUT2D eigenvalue weighted by atomic mass is 16.5. The average molecular weight is 568 g/mol. The molecule has 4 rings (SSSR count). The quantitative estimate of drug-likeness (QED) is 0.515. The number of hydrogen-bond acceptors (Lipinski definition) is 7. The van der Waals surface area contributed by atoms with E-state index in [0.29, 0.717) is 63.2 Å². The summed E-state index contributed by atoms with van der Waals surface area (Å²) in [6.07, 6.45) is 1.84. The van der Waals surface area contributed by atoms with Crippen molar-refractivity contribution in [1.82, 2.24) is 15.5 Å². The Morgan fingerprint density at radius 3 is 2.41 bits per heavy atom. The van der Waals surface area contributed by atoms with Crippen LogP contribution in [0.2, 0.25) is 0 Å². The van der Waals surface area contributed by atoms with Gasteiger partial charge in [0.05, 0.1) is 12.0 Å². The molecule has 0 aliphatic carbocycles. The average Bonchev–Trinajstić information content (AvgIpc) is 2.99.